The summed E-state index contributed by atoms with van der Waals surface area (Å²) >= 11 is 0. The number of amides is 1. The Labute approximate surface area is 157 Å². The molecule has 2 aliphatic carbocycles. The van der Waals surface area contributed by atoms with Crippen molar-refractivity contribution >= 4 is 16.9 Å². The third-order valence-electron chi connectivity index (χ3n) is 6.55. The Balaban J connectivity index is 1.68. The van der Waals surface area contributed by atoms with E-state index in [1.807, 2.05) is 6.92 Å². The van der Waals surface area contributed by atoms with Crippen LogP contribution in [0.25, 0.3) is 11.0 Å². The van der Waals surface area contributed by atoms with Crippen LogP contribution < -0.4 is 5.63 Å². The van der Waals surface area contributed by atoms with Gasteiger partial charge in [0.25, 0.3) is 5.91 Å². The average molecular weight is 371 g/mol. The van der Waals surface area contributed by atoms with Crippen LogP contribution in [0, 0.1) is 12.3 Å². The fourth-order valence-electron chi connectivity index (χ4n) is 4.85. The first-order valence-electron chi connectivity index (χ1n) is 9.54. The molecule has 6 heteroatoms. The van der Waals surface area contributed by atoms with Gasteiger partial charge in [0.1, 0.15) is 16.9 Å². The summed E-state index contributed by atoms with van der Waals surface area (Å²) in [6.45, 7) is 4.39. The van der Waals surface area contributed by atoms with Crippen LogP contribution >= 0.6 is 0 Å². The Kier molecular flexibility index (Phi) is 4.26. The quantitative estimate of drug-likeness (QED) is 0.835. The lowest BCUT2D eigenvalue weighted by Crippen LogP contribution is -2.68. The Morgan fingerprint density at radius 2 is 2.15 bits per heavy atom. The molecule has 2 aliphatic rings. The topological polar surface area (TPSA) is 80.0 Å². The van der Waals surface area contributed by atoms with Crippen molar-refractivity contribution in [2.24, 2.45) is 5.41 Å². The molecule has 2 fully saturated rings. The lowest BCUT2D eigenvalue weighted by atomic mass is 9.50. The van der Waals surface area contributed by atoms with E-state index in [1.54, 1.807) is 24.9 Å². The molecule has 0 unspecified atom stereocenters. The molecular weight excluding hydrogens is 346 g/mol. The number of aryl methyl sites for hydroxylation is 1. The number of ether oxygens (including phenoxy) is 1. The van der Waals surface area contributed by atoms with Crippen molar-refractivity contribution in [2.75, 3.05) is 13.7 Å². The maximum absolute atomic E-state index is 13.2. The maximum atomic E-state index is 13.2. The van der Waals surface area contributed by atoms with Crippen LogP contribution in [0.1, 0.15) is 48.5 Å². The van der Waals surface area contributed by atoms with Gasteiger partial charge in [-0.25, -0.2) is 4.79 Å². The van der Waals surface area contributed by atoms with Gasteiger partial charge in [-0.2, -0.15) is 0 Å². The van der Waals surface area contributed by atoms with Crippen LogP contribution in [0.4, 0.5) is 0 Å². The molecule has 2 aromatic rings. The first-order chi connectivity index (χ1) is 12.9. The van der Waals surface area contributed by atoms with Gasteiger partial charge in [-0.05, 0) is 56.9 Å². The van der Waals surface area contributed by atoms with Gasteiger partial charge in [0.05, 0.1) is 6.10 Å². The SMILES string of the molecule is CCO[C@H]1C[C@H](N(C)C(=O)c2c(C)c3cc(O)ccc3oc2=O)C12CCC2. The van der Waals surface area contributed by atoms with Crippen molar-refractivity contribution in [1.29, 1.82) is 0 Å². The molecule has 1 amide bonds. The highest BCUT2D eigenvalue weighted by molar-refractivity contribution is 5.99. The maximum Gasteiger partial charge on any atom is 0.349 e. The van der Waals surface area contributed by atoms with Gasteiger partial charge in [0.2, 0.25) is 0 Å². The lowest BCUT2D eigenvalue weighted by molar-refractivity contribution is -0.192. The van der Waals surface area contributed by atoms with Gasteiger partial charge in [-0.1, -0.05) is 6.42 Å². The summed E-state index contributed by atoms with van der Waals surface area (Å²) in [4.78, 5) is 27.4. The Bertz CT molecular complexity index is 959. The number of carbonyl (C=O) groups is 1. The molecule has 1 aromatic carbocycles. The van der Waals surface area contributed by atoms with Gasteiger partial charge in [0.15, 0.2) is 0 Å². The lowest BCUT2D eigenvalue weighted by Gasteiger charge is -2.63. The molecular formula is C21H25NO5. The van der Waals surface area contributed by atoms with E-state index in [2.05, 4.69) is 0 Å². The molecule has 0 radical (unpaired) electrons. The highest BCUT2D eigenvalue weighted by atomic mass is 16.5. The second kappa shape index (κ2) is 6.37. The zero-order valence-electron chi connectivity index (χ0n) is 15.9. The number of carbonyl (C=O) groups excluding carboxylic acids is 1. The van der Waals surface area contributed by atoms with Crippen LogP contribution in [0.15, 0.2) is 27.4 Å². The predicted octanol–water partition coefficient (Wildman–Crippen LogP) is 3.23. The third kappa shape index (κ3) is 2.57. The molecule has 1 heterocycles. The van der Waals surface area contributed by atoms with Crippen LogP contribution in [-0.2, 0) is 4.74 Å². The van der Waals surface area contributed by atoms with Crippen LogP contribution in [0.2, 0.25) is 0 Å². The number of nitrogens with zero attached hydrogens (tertiary/aromatic N) is 1. The predicted molar refractivity (Wildman–Crippen MR) is 101 cm³/mol. The minimum Gasteiger partial charge on any atom is -0.508 e. The van der Waals surface area contributed by atoms with E-state index in [9.17, 15) is 14.7 Å². The van der Waals surface area contributed by atoms with Crippen LogP contribution in [0.5, 0.6) is 5.75 Å². The van der Waals surface area contributed by atoms with E-state index in [0.29, 0.717) is 23.1 Å². The molecule has 0 saturated heterocycles. The van der Waals surface area contributed by atoms with Crippen molar-refractivity contribution in [2.45, 2.75) is 51.7 Å². The second-order valence-corrected chi connectivity index (χ2v) is 7.77. The molecule has 1 spiro atoms. The summed E-state index contributed by atoms with van der Waals surface area (Å²) in [5.41, 5.74) is 0.349. The van der Waals surface area contributed by atoms with E-state index in [-0.39, 0.29) is 34.8 Å². The zero-order valence-corrected chi connectivity index (χ0v) is 15.9. The van der Waals surface area contributed by atoms with Crippen molar-refractivity contribution in [3.05, 3.63) is 39.7 Å². The van der Waals surface area contributed by atoms with E-state index < -0.39 is 5.63 Å². The fourth-order valence-corrected chi connectivity index (χ4v) is 4.85. The van der Waals surface area contributed by atoms with Gasteiger partial charge in [0, 0.05) is 30.5 Å². The molecule has 2 saturated carbocycles. The van der Waals surface area contributed by atoms with Gasteiger partial charge < -0.3 is 19.2 Å². The van der Waals surface area contributed by atoms with Crippen LogP contribution in [0.3, 0.4) is 0 Å². The fraction of sp³-hybridized carbons (Fsp3) is 0.524. The van der Waals surface area contributed by atoms with Gasteiger partial charge in [-0.3, -0.25) is 4.79 Å². The van der Waals surface area contributed by atoms with Crippen molar-refractivity contribution < 1.29 is 19.1 Å². The normalized spacial score (nSPS) is 23.1. The van der Waals surface area contributed by atoms with Gasteiger partial charge in [-0.15, -0.1) is 0 Å². The molecule has 6 nitrogen and oxygen atoms in total. The first kappa shape index (κ1) is 18.0. The number of fused-ring (bicyclic) bond motifs is 1. The highest BCUT2D eigenvalue weighted by Gasteiger charge is 2.61. The Morgan fingerprint density at radius 1 is 1.41 bits per heavy atom. The number of benzene rings is 1. The summed E-state index contributed by atoms with van der Waals surface area (Å²) in [7, 11) is 1.76. The molecule has 4 rings (SSSR count). The van der Waals surface area contributed by atoms with Crippen molar-refractivity contribution in [3.63, 3.8) is 0 Å². The largest absolute Gasteiger partial charge is 0.508 e. The molecule has 2 atom stereocenters. The molecule has 0 aliphatic heterocycles. The molecule has 1 aromatic heterocycles. The standard InChI is InChI=1S/C21H25NO5/c1-4-26-17-11-16(21(17)8-5-9-21)22(3)19(24)18-12(2)14-10-13(23)6-7-15(14)27-20(18)25/h6-7,10,16-17,23H,4-5,8-9,11H2,1-3H3/t16-,17-/m0/s1. The minimum atomic E-state index is -0.633. The highest BCUT2D eigenvalue weighted by Crippen LogP contribution is 2.59. The number of hydrogen-bond acceptors (Lipinski definition) is 5. The minimum absolute atomic E-state index is 0.0314. The smallest absolute Gasteiger partial charge is 0.349 e. The number of phenolic OH excluding ortho intramolecular Hbond substituents is 1. The summed E-state index contributed by atoms with van der Waals surface area (Å²) in [6.07, 6.45) is 4.26. The second-order valence-electron chi connectivity index (χ2n) is 7.77. The zero-order chi connectivity index (χ0) is 19.3. The molecule has 0 bridgehead atoms. The van der Waals surface area contributed by atoms with Crippen LogP contribution in [-0.4, -0.2) is 41.7 Å². The molecule has 1 N–H and O–H groups in total. The number of hydrogen-bond donors (Lipinski definition) is 1. The third-order valence-corrected chi connectivity index (χ3v) is 6.55. The summed E-state index contributed by atoms with van der Waals surface area (Å²) < 4.78 is 11.2. The van der Waals surface area contributed by atoms with Gasteiger partial charge >= 0.3 is 5.63 Å². The number of rotatable bonds is 4. The van der Waals surface area contributed by atoms with Crippen molar-refractivity contribution in [1.82, 2.24) is 4.90 Å². The van der Waals surface area contributed by atoms with E-state index in [1.165, 1.54) is 12.1 Å². The van der Waals surface area contributed by atoms with E-state index in [4.69, 9.17) is 9.15 Å². The van der Waals surface area contributed by atoms with E-state index in [0.717, 1.165) is 25.7 Å². The van der Waals surface area contributed by atoms with E-state index >= 15 is 0 Å². The average Bonchev–Trinajstić information content (AvgIpc) is 2.57. The first-order valence-corrected chi connectivity index (χ1v) is 9.54. The Morgan fingerprint density at radius 3 is 2.78 bits per heavy atom. The summed E-state index contributed by atoms with van der Waals surface area (Å²) in [6, 6.07) is 4.60. The molecule has 27 heavy (non-hydrogen) atoms. The number of aromatic hydroxyl groups is 1. The monoisotopic (exact) mass is 371 g/mol. The number of phenols is 1. The Hall–Kier alpha value is -2.34. The van der Waals surface area contributed by atoms with Crippen molar-refractivity contribution in [3.8, 4) is 5.75 Å². The molecule has 144 valence electrons. The summed E-state index contributed by atoms with van der Waals surface area (Å²) in [5, 5.41) is 10.3. The summed E-state index contributed by atoms with van der Waals surface area (Å²) in [5.74, 6) is -0.254.